The number of nitrogens with one attached hydrogen (secondary N) is 1. The third kappa shape index (κ3) is 3.84. The number of hydrogen-bond donors (Lipinski definition) is 1. The normalized spacial score (nSPS) is 19.6. The summed E-state index contributed by atoms with van der Waals surface area (Å²) in [5.74, 6) is 0.610. The van der Waals surface area contributed by atoms with E-state index in [1.165, 1.54) is 0 Å². The van der Waals surface area contributed by atoms with Crippen LogP contribution < -0.4 is 5.32 Å². The number of carbonyl (C=O) groups excluding carboxylic acids is 2. The molecule has 0 radical (unpaired) electrons. The number of hydrogen-bond acceptors (Lipinski definition) is 3. The van der Waals surface area contributed by atoms with Gasteiger partial charge in [-0.25, -0.2) is 4.98 Å². The lowest BCUT2D eigenvalue weighted by Gasteiger charge is -2.33. The Morgan fingerprint density at radius 2 is 2.27 bits per heavy atom. The summed E-state index contributed by atoms with van der Waals surface area (Å²) in [7, 11) is 0. The molecule has 2 rings (SSSR count). The van der Waals surface area contributed by atoms with E-state index in [2.05, 4.69) is 10.3 Å². The van der Waals surface area contributed by atoms with Crippen LogP contribution in [-0.4, -0.2) is 34.8 Å². The quantitative estimate of drug-likeness (QED) is 0.930. The van der Waals surface area contributed by atoms with Crippen LogP contribution in [0.2, 0.25) is 0 Å². The lowest BCUT2D eigenvalue weighted by Crippen LogP contribution is -2.45. The van der Waals surface area contributed by atoms with E-state index in [0.29, 0.717) is 12.4 Å². The van der Waals surface area contributed by atoms with Crippen LogP contribution in [0, 0.1) is 18.8 Å². The maximum absolute atomic E-state index is 12.4. The van der Waals surface area contributed by atoms with Gasteiger partial charge in [-0.15, -0.1) is 0 Å². The van der Waals surface area contributed by atoms with Gasteiger partial charge in [0.05, 0.1) is 5.92 Å². The highest BCUT2D eigenvalue weighted by Crippen LogP contribution is 2.21. The number of pyridine rings is 1. The average molecular weight is 303 g/mol. The lowest BCUT2D eigenvalue weighted by atomic mass is 9.95. The van der Waals surface area contributed by atoms with E-state index in [0.717, 1.165) is 31.4 Å². The van der Waals surface area contributed by atoms with Gasteiger partial charge in [-0.05, 0) is 37.8 Å². The average Bonchev–Trinajstić information content (AvgIpc) is 2.55. The Balaban J connectivity index is 1.98. The first-order chi connectivity index (χ1) is 10.5. The number of aryl methyl sites for hydroxylation is 1. The molecular weight excluding hydrogens is 278 g/mol. The monoisotopic (exact) mass is 303 g/mol. The fourth-order valence-electron chi connectivity index (χ4n) is 2.71. The molecule has 2 atom stereocenters. The van der Waals surface area contributed by atoms with Crippen LogP contribution in [0.15, 0.2) is 18.3 Å². The summed E-state index contributed by atoms with van der Waals surface area (Å²) in [5.41, 5.74) is 0.944. The first-order valence-corrected chi connectivity index (χ1v) is 8.04. The summed E-state index contributed by atoms with van der Waals surface area (Å²) in [5, 5.41) is 2.89. The van der Waals surface area contributed by atoms with E-state index in [4.69, 9.17) is 0 Å². The molecule has 0 bridgehead atoms. The van der Waals surface area contributed by atoms with Crippen LogP contribution in [0.1, 0.15) is 38.7 Å². The molecule has 0 spiro atoms. The van der Waals surface area contributed by atoms with Gasteiger partial charge in [-0.1, -0.05) is 19.9 Å². The van der Waals surface area contributed by atoms with Crippen molar-refractivity contribution in [2.24, 2.45) is 11.8 Å². The number of aromatic nitrogens is 1. The molecule has 0 aliphatic carbocycles. The molecular formula is C17H25N3O2. The van der Waals surface area contributed by atoms with E-state index in [1.54, 1.807) is 6.20 Å². The van der Waals surface area contributed by atoms with Crippen molar-refractivity contribution in [3.8, 4) is 0 Å². The highest BCUT2D eigenvalue weighted by Gasteiger charge is 2.30. The smallest absolute Gasteiger partial charge is 0.230 e. The summed E-state index contributed by atoms with van der Waals surface area (Å²) >= 11 is 0. The number of carbonyl (C=O) groups is 2. The van der Waals surface area contributed by atoms with Crippen molar-refractivity contribution in [2.75, 3.05) is 18.4 Å². The van der Waals surface area contributed by atoms with Crippen molar-refractivity contribution in [1.29, 1.82) is 0 Å². The molecule has 0 saturated carbocycles. The fraction of sp³-hybridized carbons (Fsp3) is 0.588. The summed E-state index contributed by atoms with van der Waals surface area (Å²) in [6.07, 6.45) is 4.20. The second kappa shape index (κ2) is 7.38. The topological polar surface area (TPSA) is 62.3 Å². The van der Waals surface area contributed by atoms with Gasteiger partial charge in [0.2, 0.25) is 11.8 Å². The van der Waals surface area contributed by atoms with E-state index >= 15 is 0 Å². The van der Waals surface area contributed by atoms with Crippen LogP contribution in [0.4, 0.5) is 5.82 Å². The minimum atomic E-state index is -0.150. The van der Waals surface area contributed by atoms with Gasteiger partial charge in [0.25, 0.3) is 0 Å². The van der Waals surface area contributed by atoms with Gasteiger partial charge in [0.1, 0.15) is 5.82 Å². The third-order valence-electron chi connectivity index (χ3n) is 4.39. The highest BCUT2D eigenvalue weighted by molar-refractivity contribution is 5.93. The second-order valence-electron chi connectivity index (χ2n) is 6.09. The van der Waals surface area contributed by atoms with Crippen LogP contribution in [0.5, 0.6) is 0 Å². The second-order valence-corrected chi connectivity index (χ2v) is 6.09. The molecule has 2 heterocycles. The van der Waals surface area contributed by atoms with Gasteiger partial charge >= 0.3 is 0 Å². The van der Waals surface area contributed by atoms with Gasteiger partial charge in [0.15, 0.2) is 0 Å². The van der Waals surface area contributed by atoms with E-state index < -0.39 is 0 Å². The van der Waals surface area contributed by atoms with Gasteiger partial charge in [-0.3, -0.25) is 9.59 Å². The number of rotatable bonds is 4. The molecule has 1 aliphatic rings. The highest BCUT2D eigenvalue weighted by atomic mass is 16.2. The summed E-state index contributed by atoms with van der Waals surface area (Å²) in [6.45, 7) is 7.16. The van der Waals surface area contributed by atoms with Crippen molar-refractivity contribution in [3.63, 3.8) is 0 Å². The van der Waals surface area contributed by atoms with Gasteiger partial charge < -0.3 is 10.2 Å². The molecule has 1 fully saturated rings. The molecule has 5 heteroatoms. The molecule has 22 heavy (non-hydrogen) atoms. The van der Waals surface area contributed by atoms with Gasteiger partial charge in [-0.2, -0.15) is 0 Å². The minimum Gasteiger partial charge on any atom is -0.342 e. The van der Waals surface area contributed by atoms with Crippen molar-refractivity contribution in [1.82, 2.24) is 9.88 Å². The molecule has 1 aliphatic heterocycles. The van der Waals surface area contributed by atoms with Crippen LogP contribution >= 0.6 is 0 Å². The van der Waals surface area contributed by atoms with Crippen molar-refractivity contribution >= 4 is 17.6 Å². The SMILES string of the molecule is CCC(C)C(=O)N1CCCC(C(=O)Nc2ncccc2C)C1. The predicted octanol–water partition coefficient (Wildman–Crippen LogP) is 2.61. The number of anilines is 1. The zero-order chi connectivity index (χ0) is 16.1. The van der Waals surface area contributed by atoms with Crippen LogP contribution in [0.25, 0.3) is 0 Å². The standard InChI is InChI=1S/C17H25N3O2/c1-4-12(2)17(22)20-10-6-8-14(11-20)16(21)19-15-13(3)7-5-9-18-15/h5,7,9,12,14H,4,6,8,10-11H2,1-3H3,(H,18,19,21). The number of likely N-dealkylation sites (tertiary alicyclic amines) is 1. The zero-order valence-corrected chi connectivity index (χ0v) is 13.6. The largest absolute Gasteiger partial charge is 0.342 e. The Kier molecular flexibility index (Phi) is 5.52. The molecule has 1 aromatic heterocycles. The Bertz CT molecular complexity index is 544. The Morgan fingerprint density at radius 1 is 1.50 bits per heavy atom. The van der Waals surface area contributed by atoms with Crippen LogP contribution in [0.3, 0.4) is 0 Å². The molecule has 2 unspecified atom stereocenters. The predicted molar refractivity (Wildman–Crippen MR) is 86.4 cm³/mol. The maximum atomic E-state index is 12.4. The number of piperidine rings is 1. The number of amides is 2. The number of nitrogens with zero attached hydrogens (tertiary/aromatic N) is 2. The van der Waals surface area contributed by atoms with Gasteiger partial charge in [0, 0.05) is 25.2 Å². The van der Waals surface area contributed by atoms with Crippen molar-refractivity contribution in [2.45, 2.75) is 40.0 Å². The first kappa shape index (κ1) is 16.5. The minimum absolute atomic E-state index is 0.0276. The maximum Gasteiger partial charge on any atom is 0.230 e. The Hall–Kier alpha value is -1.91. The zero-order valence-electron chi connectivity index (χ0n) is 13.6. The van der Waals surface area contributed by atoms with E-state index in [1.807, 2.05) is 37.8 Å². The third-order valence-corrected chi connectivity index (χ3v) is 4.39. The van der Waals surface area contributed by atoms with E-state index in [-0.39, 0.29) is 23.7 Å². The summed E-state index contributed by atoms with van der Waals surface area (Å²) in [6, 6.07) is 3.76. The lowest BCUT2D eigenvalue weighted by molar-refractivity contribution is -0.138. The summed E-state index contributed by atoms with van der Waals surface area (Å²) < 4.78 is 0. The summed E-state index contributed by atoms with van der Waals surface area (Å²) in [4.78, 5) is 30.8. The molecule has 1 N–H and O–H groups in total. The molecule has 1 aromatic rings. The molecule has 120 valence electrons. The van der Waals surface area contributed by atoms with Crippen LogP contribution in [-0.2, 0) is 9.59 Å². The van der Waals surface area contributed by atoms with Crippen molar-refractivity contribution in [3.05, 3.63) is 23.9 Å². The van der Waals surface area contributed by atoms with E-state index in [9.17, 15) is 9.59 Å². The fourth-order valence-corrected chi connectivity index (χ4v) is 2.71. The Labute approximate surface area is 132 Å². The molecule has 1 saturated heterocycles. The molecule has 5 nitrogen and oxygen atoms in total. The molecule has 2 amide bonds. The first-order valence-electron chi connectivity index (χ1n) is 8.04. The molecule has 0 aromatic carbocycles. The Morgan fingerprint density at radius 3 is 2.95 bits per heavy atom. The van der Waals surface area contributed by atoms with Crippen molar-refractivity contribution < 1.29 is 9.59 Å².